The van der Waals surface area contributed by atoms with Crippen molar-refractivity contribution < 1.29 is 21.8 Å². The summed E-state index contributed by atoms with van der Waals surface area (Å²) in [6, 6.07) is 0.115. The van der Waals surface area contributed by atoms with Crippen molar-refractivity contribution in [2.24, 2.45) is 0 Å². The summed E-state index contributed by atoms with van der Waals surface area (Å²) >= 11 is 1.49. The highest BCUT2D eigenvalue weighted by Gasteiger charge is 2.61. The average molecular weight is 666 g/mol. The van der Waals surface area contributed by atoms with Crippen molar-refractivity contribution in [2.45, 2.75) is 124 Å². The van der Waals surface area contributed by atoms with Gasteiger partial charge < -0.3 is 29.3 Å². The van der Waals surface area contributed by atoms with Gasteiger partial charge in [0.05, 0.1) is 44.1 Å². The van der Waals surface area contributed by atoms with Crippen LogP contribution in [0.1, 0.15) is 104 Å². The summed E-state index contributed by atoms with van der Waals surface area (Å²) in [7, 11) is 2.16. The summed E-state index contributed by atoms with van der Waals surface area (Å²) < 4.78 is 39.5. The van der Waals surface area contributed by atoms with Gasteiger partial charge in [0.25, 0.3) is 0 Å². The quantitative estimate of drug-likeness (QED) is 0.265. The lowest BCUT2D eigenvalue weighted by Gasteiger charge is -2.50. The summed E-state index contributed by atoms with van der Waals surface area (Å²) in [6.07, 6.45) is 12.0. The Morgan fingerprint density at radius 3 is 2.66 bits per heavy atom. The van der Waals surface area contributed by atoms with Gasteiger partial charge in [0.1, 0.15) is 5.03 Å². The fourth-order valence-corrected chi connectivity index (χ4v) is 9.64. The third-order valence-electron chi connectivity index (χ3n) is 11.6. The van der Waals surface area contributed by atoms with E-state index in [4.69, 9.17) is 35.6 Å². The number of fused-ring (bicyclic) bond motifs is 4. The minimum atomic E-state index is -0.819. The Morgan fingerprint density at radius 2 is 1.91 bits per heavy atom. The van der Waals surface area contributed by atoms with Crippen LogP contribution in [0.25, 0.3) is 28.6 Å². The van der Waals surface area contributed by atoms with E-state index in [1.165, 1.54) is 11.8 Å². The van der Waals surface area contributed by atoms with Gasteiger partial charge in [-0.15, -0.1) is 11.8 Å². The van der Waals surface area contributed by atoms with E-state index in [1.807, 2.05) is 10.9 Å². The van der Waals surface area contributed by atoms with Crippen molar-refractivity contribution in [1.29, 1.82) is 0 Å². The lowest BCUT2D eigenvalue weighted by Crippen LogP contribution is -2.56. The molecule has 3 saturated heterocycles. The number of piperidine rings is 1. The highest BCUT2D eigenvalue weighted by molar-refractivity contribution is 7.98. The topological polar surface area (TPSA) is 124 Å². The number of β-amino-alcohol motifs (C(OH)–C–C–N with tert-alkyl or cyclic N) is 1. The van der Waals surface area contributed by atoms with Crippen LogP contribution in [-0.2, 0) is 21.3 Å². The van der Waals surface area contributed by atoms with Crippen molar-refractivity contribution in [2.75, 3.05) is 39.6 Å². The first-order valence-electron chi connectivity index (χ1n) is 18.5. The van der Waals surface area contributed by atoms with E-state index in [2.05, 4.69) is 24.2 Å². The maximum Gasteiger partial charge on any atom is 0.185 e. The van der Waals surface area contributed by atoms with E-state index in [0.717, 1.165) is 75.7 Å². The van der Waals surface area contributed by atoms with E-state index in [0.29, 0.717) is 65.9 Å². The number of nitrogens with zero attached hydrogens (tertiary/aromatic N) is 6. The molecule has 2 spiro atoms. The third kappa shape index (κ3) is 5.29. The van der Waals surface area contributed by atoms with E-state index >= 15 is 0 Å². The average Bonchev–Trinajstić information content (AvgIpc) is 3.91. The molecule has 8 rings (SSSR count). The number of hydrogen-bond acceptors (Lipinski definition) is 11. The Hall–Kier alpha value is -2.35. The summed E-state index contributed by atoms with van der Waals surface area (Å²) in [4.78, 5) is 12.7. The number of nitrogens with one attached hydrogen (secondary N) is 1. The Labute approximate surface area is 284 Å². The number of aromatic nitrogens is 5. The van der Waals surface area contributed by atoms with Crippen LogP contribution in [0.2, 0.25) is 0 Å². The molecule has 47 heavy (non-hydrogen) atoms. The van der Waals surface area contributed by atoms with Crippen LogP contribution in [0.5, 0.6) is 0 Å². The lowest BCUT2D eigenvalue weighted by molar-refractivity contribution is -0.235. The molecule has 5 atom stereocenters. The molecular weight excluding hydrogens is 614 g/mol. The van der Waals surface area contributed by atoms with Crippen LogP contribution in [0.15, 0.2) is 15.6 Å². The van der Waals surface area contributed by atoms with E-state index < -0.39 is 11.4 Å². The molecule has 3 aromatic rings. The van der Waals surface area contributed by atoms with E-state index in [9.17, 15) is 6.48 Å². The molecule has 4 fully saturated rings. The van der Waals surface area contributed by atoms with Gasteiger partial charge in [0.15, 0.2) is 28.7 Å². The predicted molar refractivity (Wildman–Crippen MR) is 181 cm³/mol. The Balaban J connectivity index is 1.27. The second-order valence-electron chi connectivity index (χ2n) is 14.6. The molecule has 2 aliphatic carbocycles. The fourth-order valence-electron chi connectivity index (χ4n) is 9.07. The molecule has 254 valence electrons. The summed E-state index contributed by atoms with van der Waals surface area (Å²) in [5.74, 6) is 0.694. The second kappa shape index (κ2) is 12.2. The van der Waals surface area contributed by atoms with Crippen LogP contribution in [-0.4, -0.2) is 98.0 Å². The number of rotatable bonds is 6. The van der Waals surface area contributed by atoms with E-state index in [1.54, 1.807) is 6.92 Å². The van der Waals surface area contributed by atoms with Gasteiger partial charge in [0, 0.05) is 30.6 Å². The molecule has 11 nitrogen and oxygen atoms in total. The first-order valence-corrected chi connectivity index (χ1v) is 18.8. The molecule has 0 amide bonds. The first kappa shape index (κ1) is 29.6. The minimum Gasteiger partial charge on any atom is -0.389 e. The summed E-state index contributed by atoms with van der Waals surface area (Å²) in [5, 5.41) is 25.0. The van der Waals surface area contributed by atoms with Crippen molar-refractivity contribution in [3.63, 3.8) is 0 Å². The van der Waals surface area contributed by atoms with Crippen LogP contribution in [0.3, 0.4) is 0 Å². The molecule has 12 heteroatoms. The van der Waals surface area contributed by atoms with Gasteiger partial charge in [-0.25, -0.2) is 14.6 Å². The zero-order valence-corrected chi connectivity index (χ0v) is 28.9. The number of ether oxygens (including phenoxy) is 2. The van der Waals surface area contributed by atoms with Gasteiger partial charge >= 0.3 is 0 Å². The van der Waals surface area contributed by atoms with Crippen LogP contribution < -0.4 is 5.32 Å². The number of likely N-dealkylation sites (N-methyl/N-ethyl adjacent to an activating group) is 1. The normalized spacial score (nSPS) is 32.9. The molecule has 0 aromatic carbocycles. The molecule has 1 saturated carbocycles. The Morgan fingerprint density at radius 1 is 1.11 bits per heavy atom. The SMILES string of the molecule is [2H]/C(=C(\[2H])[C@H]1CC[C@@](C)(O)CN1)c1nn([C@@H](C)[C@@H]2CCCN2C)c2nc(-c3noc4c3CCC[C@@]43CCCCC34OCCO4)nc(SC)c12. The smallest absolute Gasteiger partial charge is 0.185 e. The third-order valence-corrected chi connectivity index (χ3v) is 12.3. The maximum absolute atomic E-state index is 10.5. The fraction of sp³-hybridized carbons (Fsp3) is 0.714. The molecule has 3 aliphatic heterocycles. The van der Waals surface area contributed by atoms with E-state index in [-0.39, 0.29) is 35.6 Å². The van der Waals surface area contributed by atoms with Gasteiger partial charge in [-0.2, -0.15) is 5.10 Å². The molecule has 3 aromatic heterocycles. The standard InChI is InChI=1S/C35H49N7O4S/c1-22(26-10-8-18-41(26)3)42-31-27(25(39-42)12-11-23-13-17-33(2,43)21-36-23)32(47-4)38-30(37-31)28-24-9-7-15-34(29(24)46-40-28)14-5-6-16-35(34)44-19-20-45-35/h11-12,22-23,26,36,43H,5-10,13-21H2,1-4H3/b12-11-/t22-,23-,26-,33+,34-/m0/s1/i11D,12D. The van der Waals surface area contributed by atoms with Gasteiger partial charge in [-0.05, 0) is 97.5 Å². The highest BCUT2D eigenvalue weighted by atomic mass is 32.2. The number of hydrogen-bond donors (Lipinski definition) is 2. The first-order chi connectivity index (χ1) is 23.6. The summed E-state index contributed by atoms with van der Waals surface area (Å²) in [5.41, 5.74) is 1.57. The molecule has 5 aliphatic rings. The molecule has 0 radical (unpaired) electrons. The summed E-state index contributed by atoms with van der Waals surface area (Å²) in [6.45, 7) is 6.57. The number of aliphatic hydroxyl groups is 1. The molecular formula is C35H49N7O4S. The van der Waals surface area contributed by atoms with Gasteiger partial charge in [0.2, 0.25) is 0 Å². The number of thioether (sulfide) groups is 1. The van der Waals surface area contributed by atoms with Crippen LogP contribution >= 0.6 is 11.8 Å². The second-order valence-corrected chi connectivity index (χ2v) is 15.4. The van der Waals surface area contributed by atoms with Gasteiger partial charge in [-0.3, -0.25) is 0 Å². The van der Waals surface area contributed by atoms with Crippen molar-refractivity contribution in [3.8, 4) is 11.5 Å². The molecule has 2 N–H and O–H groups in total. The largest absolute Gasteiger partial charge is 0.389 e. The molecule has 0 unspecified atom stereocenters. The zero-order valence-electron chi connectivity index (χ0n) is 30.1. The predicted octanol–water partition coefficient (Wildman–Crippen LogP) is 5.27. The molecule has 0 bridgehead atoms. The monoisotopic (exact) mass is 665 g/mol. The van der Waals surface area contributed by atoms with Crippen molar-refractivity contribution in [3.05, 3.63) is 23.1 Å². The van der Waals surface area contributed by atoms with Gasteiger partial charge in [-0.1, -0.05) is 17.6 Å². The van der Waals surface area contributed by atoms with Crippen LogP contribution in [0, 0.1) is 0 Å². The molecule has 6 heterocycles. The maximum atomic E-state index is 10.5. The zero-order chi connectivity index (χ0) is 34.1. The van der Waals surface area contributed by atoms with Crippen molar-refractivity contribution >= 4 is 28.8 Å². The minimum absolute atomic E-state index is 0.0284. The Bertz CT molecular complexity index is 1760. The van der Waals surface area contributed by atoms with Crippen LogP contribution in [0.4, 0.5) is 0 Å². The van der Waals surface area contributed by atoms with Crippen molar-refractivity contribution in [1.82, 2.24) is 35.1 Å². The number of likely N-dealkylation sites (tertiary alicyclic amines) is 1. The lowest BCUT2D eigenvalue weighted by atomic mass is 9.61. The Kier molecular flexibility index (Phi) is 7.68. The highest BCUT2D eigenvalue weighted by Crippen LogP contribution is 2.57.